The van der Waals surface area contributed by atoms with Gasteiger partial charge in [-0.2, -0.15) is 5.26 Å². The topological polar surface area (TPSA) is 120 Å². The number of nitriles is 1. The summed E-state index contributed by atoms with van der Waals surface area (Å²) in [5, 5.41) is 15.5. The zero-order valence-electron chi connectivity index (χ0n) is 8.78. The largest absolute Gasteiger partial charge is 0.480 e. The molecule has 90 valence electrons. The first kappa shape index (κ1) is 12.9. The van der Waals surface area contributed by atoms with Gasteiger partial charge in [0.2, 0.25) is 10.0 Å². The highest BCUT2D eigenvalue weighted by Gasteiger charge is 2.27. The lowest BCUT2D eigenvalue weighted by molar-refractivity contribution is -0.136. The quantitative estimate of drug-likeness (QED) is 0.791. The van der Waals surface area contributed by atoms with Crippen LogP contribution in [0.15, 0.2) is 18.3 Å². The summed E-state index contributed by atoms with van der Waals surface area (Å²) in [6.07, 6.45) is 1.18. The lowest BCUT2D eigenvalue weighted by atomic mass is 10.3. The van der Waals surface area contributed by atoms with E-state index in [-0.39, 0.29) is 11.4 Å². The minimum absolute atomic E-state index is 0.0305. The molecule has 1 heterocycles. The number of pyridine rings is 1. The van der Waals surface area contributed by atoms with Crippen molar-refractivity contribution in [2.45, 2.75) is 12.2 Å². The summed E-state index contributed by atoms with van der Waals surface area (Å²) in [4.78, 5) is 14.2. The molecule has 1 atom stereocenters. The summed E-state index contributed by atoms with van der Waals surface area (Å²) in [5.74, 6) is -1.48. The van der Waals surface area contributed by atoms with Crippen molar-refractivity contribution >= 4 is 21.8 Å². The molecule has 17 heavy (non-hydrogen) atoms. The van der Waals surface area contributed by atoms with Crippen LogP contribution in [0.25, 0.3) is 0 Å². The second-order valence-corrected chi connectivity index (χ2v) is 5.17. The molecular formula is C9H9N3O4S. The third kappa shape index (κ3) is 3.15. The molecule has 8 heteroatoms. The maximum Gasteiger partial charge on any atom is 0.323 e. The van der Waals surface area contributed by atoms with Gasteiger partial charge in [-0.1, -0.05) is 0 Å². The fraction of sp³-hybridized carbons (Fsp3) is 0.222. The number of aromatic nitrogens is 1. The van der Waals surface area contributed by atoms with Gasteiger partial charge in [-0.15, -0.1) is 0 Å². The predicted molar refractivity (Wildman–Crippen MR) is 58.6 cm³/mol. The Labute approximate surface area is 97.8 Å². The van der Waals surface area contributed by atoms with Gasteiger partial charge in [0.25, 0.3) is 0 Å². The Balaban J connectivity index is 2.91. The number of carboxylic acids is 1. The molecule has 0 fully saturated rings. The van der Waals surface area contributed by atoms with Crippen LogP contribution < -0.4 is 4.72 Å². The van der Waals surface area contributed by atoms with Crippen LogP contribution in [-0.2, 0) is 14.8 Å². The number of rotatable bonds is 4. The van der Waals surface area contributed by atoms with Crippen molar-refractivity contribution in [1.29, 1.82) is 5.26 Å². The standard InChI is InChI=1S/C9H9N3O4S/c1-6(9(13)14)17(15,16)12-8-3-2-7(4-10)5-11-8/h2-3,5-6H,1H3,(H,11,12)(H,13,14). The Morgan fingerprint density at radius 2 is 2.24 bits per heavy atom. The number of sulfonamides is 1. The highest BCUT2D eigenvalue weighted by Crippen LogP contribution is 2.09. The summed E-state index contributed by atoms with van der Waals surface area (Å²) in [7, 11) is -4.03. The minimum atomic E-state index is -4.03. The van der Waals surface area contributed by atoms with Crippen molar-refractivity contribution in [3.63, 3.8) is 0 Å². The van der Waals surface area contributed by atoms with Crippen molar-refractivity contribution in [1.82, 2.24) is 4.98 Å². The smallest absolute Gasteiger partial charge is 0.323 e. The Kier molecular flexibility index (Phi) is 3.65. The second kappa shape index (κ2) is 4.80. The van der Waals surface area contributed by atoms with Crippen LogP contribution >= 0.6 is 0 Å². The van der Waals surface area contributed by atoms with Gasteiger partial charge >= 0.3 is 5.97 Å². The lowest BCUT2D eigenvalue weighted by Crippen LogP contribution is -2.32. The minimum Gasteiger partial charge on any atom is -0.480 e. The van der Waals surface area contributed by atoms with Crippen molar-refractivity contribution in [3.05, 3.63) is 23.9 Å². The van der Waals surface area contributed by atoms with Crippen molar-refractivity contribution in [3.8, 4) is 6.07 Å². The zero-order valence-corrected chi connectivity index (χ0v) is 9.60. The molecule has 0 bridgehead atoms. The van der Waals surface area contributed by atoms with Crippen LogP contribution in [-0.4, -0.2) is 29.7 Å². The molecule has 1 unspecified atom stereocenters. The summed E-state index contributed by atoms with van der Waals surface area (Å²) in [6.45, 7) is 1.05. The third-order valence-corrected chi connectivity index (χ3v) is 3.58. The molecule has 0 spiro atoms. The second-order valence-electron chi connectivity index (χ2n) is 3.17. The van der Waals surface area contributed by atoms with Gasteiger partial charge in [-0.3, -0.25) is 9.52 Å². The van der Waals surface area contributed by atoms with Crippen LogP contribution in [0.5, 0.6) is 0 Å². The average Bonchev–Trinajstić information content (AvgIpc) is 2.28. The Morgan fingerprint density at radius 3 is 2.65 bits per heavy atom. The Hall–Kier alpha value is -2.14. The molecule has 1 rings (SSSR count). The van der Waals surface area contributed by atoms with E-state index >= 15 is 0 Å². The van der Waals surface area contributed by atoms with Crippen LogP contribution in [0.4, 0.5) is 5.82 Å². The van der Waals surface area contributed by atoms with Gasteiger partial charge in [-0.05, 0) is 19.1 Å². The maximum absolute atomic E-state index is 11.5. The van der Waals surface area contributed by atoms with E-state index in [0.29, 0.717) is 0 Å². The molecule has 1 aromatic rings. The first-order chi connectivity index (χ1) is 7.86. The number of nitrogens with zero attached hydrogens (tertiary/aromatic N) is 2. The van der Waals surface area contributed by atoms with Crippen LogP contribution in [0.1, 0.15) is 12.5 Å². The number of anilines is 1. The monoisotopic (exact) mass is 255 g/mol. The number of carboxylic acid groups (broad SMARTS) is 1. The molecule has 2 N–H and O–H groups in total. The fourth-order valence-electron chi connectivity index (χ4n) is 0.887. The van der Waals surface area contributed by atoms with Gasteiger partial charge in [0.15, 0.2) is 5.25 Å². The van der Waals surface area contributed by atoms with E-state index in [1.165, 1.54) is 18.3 Å². The molecule has 0 aromatic carbocycles. The van der Waals surface area contributed by atoms with E-state index in [1.807, 2.05) is 10.8 Å². The van der Waals surface area contributed by atoms with E-state index in [9.17, 15) is 13.2 Å². The van der Waals surface area contributed by atoms with E-state index in [4.69, 9.17) is 10.4 Å². The Bertz CT molecular complexity index is 559. The van der Waals surface area contributed by atoms with Crippen molar-refractivity contribution in [2.75, 3.05) is 4.72 Å². The van der Waals surface area contributed by atoms with Gasteiger partial charge in [0.1, 0.15) is 11.9 Å². The summed E-state index contributed by atoms with van der Waals surface area (Å²) >= 11 is 0. The van der Waals surface area contributed by atoms with Crippen molar-refractivity contribution in [2.24, 2.45) is 0 Å². The zero-order chi connectivity index (χ0) is 13.1. The first-order valence-electron chi connectivity index (χ1n) is 4.47. The molecule has 7 nitrogen and oxygen atoms in total. The highest BCUT2D eigenvalue weighted by molar-refractivity contribution is 7.94. The van der Waals surface area contributed by atoms with Crippen LogP contribution in [0.3, 0.4) is 0 Å². The molecule has 0 radical (unpaired) electrons. The molecule has 0 aliphatic rings. The third-order valence-electron chi connectivity index (χ3n) is 1.95. The van der Waals surface area contributed by atoms with Gasteiger partial charge in [-0.25, -0.2) is 13.4 Å². The maximum atomic E-state index is 11.5. The fourth-order valence-corrected chi connectivity index (χ4v) is 1.74. The van der Waals surface area contributed by atoms with E-state index in [1.54, 1.807) is 0 Å². The molecule has 0 aliphatic carbocycles. The number of aliphatic carboxylic acids is 1. The molecule has 0 aliphatic heterocycles. The number of hydrogen-bond donors (Lipinski definition) is 2. The van der Waals surface area contributed by atoms with Gasteiger partial charge in [0, 0.05) is 6.20 Å². The van der Waals surface area contributed by atoms with E-state index < -0.39 is 21.2 Å². The molecule has 0 saturated heterocycles. The van der Waals surface area contributed by atoms with Crippen LogP contribution in [0.2, 0.25) is 0 Å². The highest BCUT2D eigenvalue weighted by atomic mass is 32.2. The molecule has 0 amide bonds. The molecule has 1 aromatic heterocycles. The molecule has 0 saturated carbocycles. The van der Waals surface area contributed by atoms with Crippen molar-refractivity contribution < 1.29 is 18.3 Å². The summed E-state index contributed by atoms with van der Waals surface area (Å²) in [5.41, 5.74) is 0.277. The van der Waals surface area contributed by atoms with E-state index in [2.05, 4.69) is 4.98 Å². The SMILES string of the molecule is CC(C(=O)O)S(=O)(=O)Nc1ccc(C#N)cn1. The van der Waals surface area contributed by atoms with Gasteiger partial charge < -0.3 is 5.11 Å². The number of hydrogen-bond acceptors (Lipinski definition) is 5. The molecular weight excluding hydrogens is 246 g/mol. The van der Waals surface area contributed by atoms with Gasteiger partial charge in [0.05, 0.1) is 5.56 Å². The normalized spacial score (nSPS) is 12.5. The predicted octanol–water partition coefficient (Wildman–Crippen LogP) is 0.168. The Morgan fingerprint density at radius 1 is 1.59 bits per heavy atom. The van der Waals surface area contributed by atoms with Crippen LogP contribution in [0, 0.1) is 11.3 Å². The van der Waals surface area contributed by atoms with E-state index in [0.717, 1.165) is 6.92 Å². The average molecular weight is 255 g/mol. The number of nitrogens with one attached hydrogen (secondary N) is 1. The lowest BCUT2D eigenvalue weighted by Gasteiger charge is -2.10. The number of carbonyl (C=O) groups is 1. The summed E-state index contributed by atoms with van der Waals surface area (Å²) < 4.78 is 25.0. The first-order valence-corrected chi connectivity index (χ1v) is 6.02. The summed E-state index contributed by atoms with van der Waals surface area (Å²) in [6, 6.07) is 4.48.